The Bertz CT molecular complexity index is 818. The summed E-state index contributed by atoms with van der Waals surface area (Å²) < 4.78 is 4.89. The van der Waals surface area contributed by atoms with Crippen LogP contribution in [0.15, 0.2) is 24.3 Å². The topological polar surface area (TPSA) is 138 Å². The minimum atomic E-state index is -1.00. The molecule has 25 heavy (non-hydrogen) atoms. The van der Waals surface area contributed by atoms with Crippen molar-refractivity contribution < 1.29 is 19.1 Å². The second kappa shape index (κ2) is 7.09. The second-order valence-electron chi connectivity index (χ2n) is 5.35. The number of hydrogen-bond acceptors (Lipinski definition) is 6. The number of aromatic amines is 1. The van der Waals surface area contributed by atoms with Crippen LogP contribution in [0.25, 0.3) is 0 Å². The van der Waals surface area contributed by atoms with Crippen molar-refractivity contribution in [2.24, 2.45) is 0 Å². The third kappa shape index (κ3) is 3.80. The first-order valence-corrected chi connectivity index (χ1v) is 7.47. The lowest BCUT2D eigenvalue weighted by molar-refractivity contribution is -0.122. The molecule has 0 aliphatic carbocycles. The van der Waals surface area contributed by atoms with Gasteiger partial charge in [0.1, 0.15) is 12.6 Å². The number of carbonyl (C=O) groups excluding carboxylic acids is 3. The van der Waals surface area contributed by atoms with Crippen molar-refractivity contribution in [1.82, 2.24) is 20.5 Å². The van der Waals surface area contributed by atoms with E-state index in [4.69, 9.17) is 4.74 Å². The van der Waals surface area contributed by atoms with Gasteiger partial charge < -0.3 is 15.4 Å². The summed E-state index contributed by atoms with van der Waals surface area (Å²) in [6.45, 7) is 0.224. The number of H-pyrrole nitrogens is 1. The summed E-state index contributed by atoms with van der Waals surface area (Å²) in [6, 6.07) is 5.62. The summed E-state index contributed by atoms with van der Waals surface area (Å²) in [5.74, 6) is -0.876. The highest BCUT2D eigenvalue weighted by atomic mass is 16.5. The Morgan fingerprint density at radius 2 is 2.12 bits per heavy atom. The van der Waals surface area contributed by atoms with Crippen molar-refractivity contribution in [1.29, 1.82) is 0 Å². The van der Waals surface area contributed by atoms with Crippen LogP contribution in [0.4, 0.5) is 11.6 Å². The normalized spacial score (nSPS) is 16.4. The Morgan fingerprint density at radius 1 is 1.32 bits per heavy atom. The van der Waals surface area contributed by atoms with Gasteiger partial charge in [-0.15, -0.1) is 5.10 Å². The highest BCUT2D eigenvalue weighted by Gasteiger charge is 2.29. The molecule has 4 N–H and O–H groups in total. The number of anilines is 2. The number of carbonyl (C=O) groups is 3. The van der Waals surface area contributed by atoms with Gasteiger partial charge in [-0.05, 0) is 12.1 Å². The Balaban J connectivity index is 1.65. The molecule has 0 bridgehead atoms. The second-order valence-corrected chi connectivity index (χ2v) is 5.35. The van der Waals surface area contributed by atoms with Crippen LogP contribution in [0.3, 0.4) is 0 Å². The molecule has 0 fully saturated rings. The Hall–Kier alpha value is -3.27. The van der Waals surface area contributed by atoms with E-state index in [9.17, 15) is 14.4 Å². The fraction of sp³-hybridized carbons (Fsp3) is 0.267. The monoisotopic (exact) mass is 344 g/mol. The van der Waals surface area contributed by atoms with Crippen molar-refractivity contribution in [3.63, 3.8) is 0 Å². The lowest BCUT2D eigenvalue weighted by Gasteiger charge is -2.13. The average molecular weight is 344 g/mol. The molecule has 0 radical (unpaired) electrons. The summed E-state index contributed by atoms with van der Waals surface area (Å²) in [5.41, 5.74) is 0.753. The number of fused-ring (bicyclic) bond motifs is 1. The van der Waals surface area contributed by atoms with E-state index < -0.39 is 23.8 Å². The van der Waals surface area contributed by atoms with Crippen LogP contribution < -0.4 is 16.0 Å². The van der Waals surface area contributed by atoms with Gasteiger partial charge in [-0.3, -0.25) is 24.8 Å². The molecular formula is C15H16N6O4. The summed E-state index contributed by atoms with van der Waals surface area (Å²) in [4.78, 5) is 40.6. The highest BCUT2D eigenvalue weighted by molar-refractivity contribution is 6.11. The van der Waals surface area contributed by atoms with E-state index in [2.05, 4.69) is 31.1 Å². The first-order chi connectivity index (χ1) is 12.1. The van der Waals surface area contributed by atoms with E-state index in [0.717, 1.165) is 0 Å². The molecule has 10 nitrogen and oxygen atoms in total. The Morgan fingerprint density at radius 3 is 2.92 bits per heavy atom. The summed E-state index contributed by atoms with van der Waals surface area (Å²) >= 11 is 0. The predicted molar refractivity (Wildman–Crippen MR) is 86.7 cm³/mol. The molecule has 1 aliphatic rings. The maximum absolute atomic E-state index is 12.2. The Labute approximate surface area is 142 Å². The van der Waals surface area contributed by atoms with Gasteiger partial charge >= 0.3 is 0 Å². The molecule has 0 saturated carbocycles. The van der Waals surface area contributed by atoms with Gasteiger partial charge in [-0.25, -0.2) is 0 Å². The van der Waals surface area contributed by atoms with Crippen molar-refractivity contribution in [2.75, 3.05) is 17.7 Å². The van der Waals surface area contributed by atoms with Gasteiger partial charge in [-0.2, -0.15) is 4.98 Å². The van der Waals surface area contributed by atoms with Gasteiger partial charge in [0, 0.05) is 7.11 Å². The molecule has 1 aromatic heterocycles. The van der Waals surface area contributed by atoms with E-state index in [1.807, 2.05) is 0 Å². The number of hydrogen-bond donors (Lipinski definition) is 4. The summed E-state index contributed by atoms with van der Waals surface area (Å²) in [5, 5.41) is 14.1. The number of benzene rings is 1. The molecule has 1 atom stereocenters. The molecular weight excluding hydrogens is 328 g/mol. The fourth-order valence-electron chi connectivity index (χ4n) is 2.37. The minimum Gasteiger partial charge on any atom is -0.377 e. The Kier molecular flexibility index (Phi) is 4.70. The SMILES string of the molecule is COCc1nc(NC(=O)C[C@H]2NC(=O)c3ccccc3NC2=O)n[nH]1. The third-order valence-electron chi connectivity index (χ3n) is 3.50. The fourth-order valence-corrected chi connectivity index (χ4v) is 2.37. The van der Waals surface area contributed by atoms with Gasteiger partial charge in [-0.1, -0.05) is 12.1 Å². The number of para-hydroxylation sites is 1. The summed E-state index contributed by atoms with van der Waals surface area (Å²) in [6.07, 6.45) is -0.250. The first kappa shape index (κ1) is 16.6. The standard InChI is InChI=1S/C15H16N6O4/c1-25-7-11-18-15(21-20-11)19-12(22)6-10-14(24)16-9-5-3-2-4-8(9)13(23)17-10/h2-5,10H,6-7H2,1H3,(H,16,24)(H,17,23)(H2,18,19,20,21,22)/t10-/m1/s1. The van der Waals surface area contributed by atoms with Gasteiger partial charge in [0.05, 0.1) is 17.7 Å². The molecule has 2 heterocycles. The van der Waals surface area contributed by atoms with Crippen LogP contribution in [0.1, 0.15) is 22.6 Å². The molecule has 3 amide bonds. The molecule has 10 heteroatoms. The van der Waals surface area contributed by atoms with Gasteiger partial charge in [0.15, 0.2) is 5.82 Å². The van der Waals surface area contributed by atoms with Crippen LogP contribution in [0.2, 0.25) is 0 Å². The van der Waals surface area contributed by atoms with Crippen molar-refractivity contribution in [3.05, 3.63) is 35.7 Å². The van der Waals surface area contributed by atoms with Crippen LogP contribution in [0.5, 0.6) is 0 Å². The maximum Gasteiger partial charge on any atom is 0.254 e. The van der Waals surface area contributed by atoms with Crippen molar-refractivity contribution in [3.8, 4) is 0 Å². The molecule has 0 spiro atoms. The van der Waals surface area contributed by atoms with E-state index in [1.165, 1.54) is 7.11 Å². The zero-order chi connectivity index (χ0) is 17.8. The number of nitrogens with one attached hydrogen (secondary N) is 4. The van der Waals surface area contributed by atoms with Gasteiger partial charge in [0.25, 0.3) is 5.91 Å². The van der Waals surface area contributed by atoms with Crippen LogP contribution in [-0.2, 0) is 20.9 Å². The van der Waals surface area contributed by atoms with E-state index in [1.54, 1.807) is 24.3 Å². The van der Waals surface area contributed by atoms with Crippen molar-refractivity contribution >= 4 is 29.4 Å². The zero-order valence-corrected chi connectivity index (χ0v) is 13.3. The highest BCUT2D eigenvalue weighted by Crippen LogP contribution is 2.18. The van der Waals surface area contributed by atoms with E-state index in [-0.39, 0.29) is 19.0 Å². The van der Waals surface area contributed by atoms with Crippen LogP contribution in [0, 0.1) is 0 Å². The van der Waals surface area contributed by atoms with Crippen LogP contribution >= 0.6 is 0 Å². The molecule has 2 aromatic rings. The van der Waals surface area contributed by atoms with Crippen LogP contribution in [-0.4, -0.2) is 46.1 Å². The number of amides is 3. The smallest absolute Gasteiger partial charge is 0.254 e. The van der Waals surface area contributed by atoms with Gasteiger partial charge in [0.2, 0.25) is 17.8 Å². The number of methoxy groups -OCH3 is 1. The number of rotatable bonds is 5. The molecule has 1 aromatic carbocycles. The number of ether oxygens (including phenoxy) is 1. The molecule has 0 saturated heterocycles. The average Bonchev–Trinajstić information content (AvgIpc) is 2.97. The summed E-state index contributed by atoms with van der Waals surface area (Å²) in [7, 11) is 1.51. The lowest BCUT2D eigenvalue weighted by Crippen LogP contribution is -2.43. The molecule has 0 unspecified atom stereocenters. The number of nitrogens with zero attached hydrogens (tertiary/aromatic N) is 2. The number of aromatic nitrogens is 3. The zero-order valence-electron chi connectivity index (χ0n) is 13.3. The first-order valence-electron chi connectivity index (χ1n) is 7.47. The predicted octanol–water partition coefficient (Wildman–Crippen LogP) is 0.0304. The third-order valence-corrected chi connectivity index (χ3v) is 3.50. The molecule has 3 rings (SSSR count). The van der Waals surface area contributed by atoms with E-state index >= 15 is 0 Å². The lowest BCUT2D eigenvalue weighted by atomic mass is 10.1. The molecule has 130 valence electrons. The van der Waals surface area contributed by atoms with Crippen molar-refractivity contribution in [2.45, 2.75) is 19.1 Å². The quantitative estimate of drug-likeness (QED) is 0.604. The van der Waals surface area contributed by atoms with E-state index in [0.29, 0.717) is 17.1 Å². The maximum atomic E-state index is 12.2. The molecule has 1 aliphatic heterocycles. The minimum absolute atomic E-state index is 0.0701. The largest absolute Gasteiger partial charge is 0.377 e.